The molecule has 0 saturated carbocycles. The summed E-state index contributed by atoms with van der Waals surface area (Å²) in [5.41, 5.74) is 7.09. The number of anilines is 3. The van der Waals surface area contributed by atoms with Gasteiger partial charge < -0.3 is 34.8 Å². The van der Waals surface area contributed by atoms with Crippen molar-refractivity contribution in [3.63, 3.8) is 0 Å². The van der Waals surface area contributed by atoms with E-state index in [0.29, 0.717) is 50.6 Å². The number of nitrogen functional groups attached to an aromatic ring is 1. The maximum absolute atomic E-state index is 12.0. The minimum absolute atomic E-state index is 0.0202. The lowest BCUT2D eigenvalue weighted by Gasteiger charge is -2.37. The molecule has 4 heterocycles. The van der Waals surface area contributed by atoms with Crippen molar-refractivity contribution in [2.75, 3.05) is 67.9 Å². The van der Waals surface area contributed by atoms with Gasteiger partial charge in [-0.3, -0.25) is 20.1 Å². The summed E-state index contributed by atoms with van der Waals surface area (Å²) >= 11 is 0. The van der Waals surface area contributed by atoms with Crippen LogP contribution in [0, 0.1) is 10.1 Å². The van der Waals surface area contributed by atoms with Crippen molar-refractivity contribution >= 4 is 34.9 Å². The van der Waals surface area contributed by atoms with Gasteiger partial charge in [-0.05, 0) is 53.7 Å². The highest BCUT2D eigenvalue weighted by Gasteiger charge is 2.29. The highest BCUT2D eigenvalue weighted by molar-refractivity contribution is 5.70. The van der Waals surface area contributed by atoms with Gasteiger partial charge in [-0.25, -0.2) is 9.59 Å². The Bertz CT molecular complexity index is 1230. The Hall–Kier alpha value is -4.36. The first kappa shape index (κ1) is 32.2. The lowest BCUT2D eigenvalue weighted by atomic mass is 10.2. The normalized spacial score (nSPS) is 15.9. The van der Waals surface area contributed by atoms with Crippen molar-refractivity contribution in [2.45, 2.75) is 52.7 Å². The molecule has 0 aliphatic carbocycles. The maximum atomic E-state index is 12.0. The van der Waals surface area contributed by atoms with Gasteiger partial charge >= 0.3 is 17.9 Å². The zero-order valence-electron chi connectivity index (χ0n) is 25.3. The van der Waals surface area contributed by atoms with Crippen LogP contribution in [0.15, 0.2) is 36.9 Å². The molecule has 14 heteroatoms. The van der Waals surface area contributed by atoms with E-state index in [9.17, 15) is 19.7 Å². The molecule has 2 saturated heterocycles. The Balaban J connectivity index is 0.000000231. The number of carbonyl (C=O) groups is 2. The van der Waals surface area contributed by atoms with E-state index in [1.807, 2.05) is 52.5 Å². The predicted molar refractivity (Wildman–Crippen MR) is 160 cm³/mol. The molecular formula is C28H42N8O6. The third kappa shape index (κ3) is 9.35. The highest BCUT2D eigenvalue weighted by Crippen LogP contribution is 2.28. The number of nitrogens with zero attached hydrogens (tertiary/aromatic N) is 7. The van der Waals surface area contributed by atoms with Crippen molar-refractivity contribution in [1.29, 1.82) is 0 Å². The molecule has 2 N–H and O–H groups in total. The SMILES string of the molecule is CC(C)(C)OC(=O)N1CCN(c2ccncc2N)CC1.CC(C)(C)OC(=O)N1CCN(c2ccncc2[N+](=O)[O-])CC1. The zero-order valence-corrected chi connectivity index (χ0v) is 25.3. The van der Waals surface area contributed by atoms with Gasteiger partial charge in [0, 0.05) is 64.8 Å². The van der Waals surface area contributed by atoms with Gasteiger partial charge in [-0.2, -0.15) is 0 Å². The summed E-state index contributed by atoms with van der Waals surface area (Å²) in [6.07, 6.45) is 5.55. The molecule has 0 spiro atoms. The standard InChI is InChI=1S/C14H20N4O4.C14H22N4O2/c1-14(2,3)22-13(19)17-8-6-16(7-9-17)11-4-5-15-10-12(11)18(20)21;1-14(2,3)20-13(19)18-8-6-17(7-9-18)12-4-5-16-10-11(12)15/h4-5,10H,6-9H2,1-3H3;4-5,10H,6-9,15H2,1-3H3. The number of carbonyl (C=O) groups excluding carboxylic acids is 2. The van der Waals surface area contributed by atoms with E-state index < -0.39 is 16.1 Å². The number of rotatable bonds is 3. The van der Waals surface area contributed by atoms with Crippen LogP contribution in [0.5, 0.6) is 0 Å². The largest absolute Gasteiger partial charge is 0.444 e. The molecule has 2 aromatic heterocycles. The fraction of sp³-hybridized carbons (Fsp3) is 0.571. The van der Waals surface area contributed by atoms with Gasteiger partial charge in [0.25, 0.3) is 0 Å². The molecule has 2 fully saturated rings. The molecule has 230 valence electrons. The Labute approximate surface area is 246 Å². The first-order chi connectivity index (χ1) is 19.6. The number of amides is 2. The third-order valence-corrected chi connectivity index (χ3v) is 6.35. The van der Waals surface area contributed by atoms with Gasteiger partial charge in [-0.1, -0.05) is 0 Å². The molecule has 2 aliphatic rings. The Morgan fingerprint density at radius 2 is 1.17 bits per heavy atom. The Morgan fingerprint density at radius 3 is 1.57 bits per heavy atom. The molecule has 0 unspecified atom stereocenters. The number of pyridine rings is 2. The number of aromatic nitrogens is 2. The number of piperazine rings is 2. The van der Waals surface area contributed by atoms with Gasteiger partial charge in [0.15, 0.2) is 0 Å². The second-order valence-corrected chi connectivity index (χ2v) is 12.0. The minimum Gasteiger partial charge on any atom is -0.444 e. The number of nitrogens with two attached hydrogens (primary N) is 1. The van der Waals surface area contributed by atoms with E-state index in [2.05, 4.69) is 14.9 Å². The van der Waals surface area contributed by atoms with Gasteiger partial charge in [0.2, 0.25) is 0 Å². The fourth-order valence-electron chi connectivity index (χ4n) is 4.39. The Kier molecular flexibility index (Phi) is 10.4. The van der Waals surface area contributed by atoms with Crippen molar-refractivity contribution < 1.29 is 24.0 Å². The second kappa shape index (κ2) is 13.5. The van der Waals surface area contributed by atoms with Gasteiger partial charge in [0.1, 0.15) is 23.1 Å². The first-order valence-corrected chi connectivity index (χ1v) is 13.9. The molecule has 2 amide bonds. The van der Waals surface area contributed by atoms with Crippen molar-refractivity contribution in [1.82, 2.24) is 19.8 Å². The average molecular weight is 587 g/mol. The van der Waals surface area contributed by atoms with Crippen LogP contribution in [0.25, 0.3) is 0 Å². The first-order valence-electron chi connectivity index (χ1n) is 13.9. The molecular weight excluding hydrogens is 544 g/mol. The summed E-state index contributed by atoms with van der Waals surface area (Å²) in [5, 5.41) is 11.0. The monoisotopic (exact) mass is 586 g/mol. The quantitative estimate of drug-likeness (QED) is 0.412. The Morgan fingerprint density at radius 1 is 0.762 bits per heavy atom. The van der Waals surface area contributed by atoms with E-state index >= 15 is 0 Å². The molecule has 2 aromatic rings. The second-order valence-electron chi connectivity index (χ2n) is 12.0. The van der Waals surface area contributed by atoms with Gasteiger partial charge in [-0.15, -0.1) is 0 Å². The van der Waals surface area contributed by atoms with Crippen molar-refractivity contribution in [2.24, 2.45) is 0 Å². The van der Waals surface area contributed by atoms with Crippen molar-refractivity contribution in [3.05, 3.63) is 47.0 Å². The highest BCUT2D eigenvalue weighted by atomic mass is 16.6. The van der Waals surface area contributed by atoms with Crippen LogP contribution < -0.4 is 15.5 Å². The zero-order chi connectivity index (χ0) is 31.1. The summed E-state index contributed by atoms with van der Waals surface area (Å²) in [4.78, 5) is 49.8. The minimum atomic E-state index is -0.530. The van der Waals surface area contributed by atoms with Gasteiger partial charge in [0.05, 0.1) is 22.5 Å². The van der Waals surface area contributed by atoms with E-state index in [4.69, 9.17) is 15.2 Å². The lowest BCUT2D eigenvalue weighted by molar-refractivity contribution is -0.384. The van der Waals surface area contributed by atoms with E-state index in [0.717, 1.165) is 18.8 Å². The molecule has 4 rings (SSSR count). The van der Waals surface area contributed by atoms with Crippen LogP contribution in [-0.4, -0.2) is 100 Å². The van der Waals surface area contributed by atoms with Crippen LogP contribution in [0.2, 0.25) is 0 Å². The maximum Gasteiger partial charge on any atom is 0.410 e. The fourth-order valence-corrected chi connectivity index (χ4v) is 4.39. The topological polar surface area (TPSA) is 160 Å². The molecule has 14 nitrogen and oxygen atoms in total. The predicted octanol–water partition coefficient (Wildman–Crippen LogP) is 3.77. The molecule has 2 aliphatic heterocycles. The summed E-state index contributed by atoms with van der Waals surface area (Å²) in [5.74, 6) is 0. The number of ether oxygens (including phenoxy) is 2. The number of nitro groups is 1. The summed E-state index contributed by atoms with van der Waals surface area (Å²) in [6.45, 7) is 15.8. The van der Waals surface area contributed by atoms with Crippen LogP contribution in [-0.2, 0) is 9.47 Å². The number of hydrogen-bond acceptors (Lipinski definition) is 11. The third-order valence-electron chi connectivity index (χ3n) is 6.35. The van der Waals surface area contributed by atoms with E-state index in [1.165, 1.54) is 12.4 Å². The molecule has 0 atom stereocenters. The number of hydrogen-bond donors (Lipinski definition) is 1. The summed E-state index contributed by atoms with van der Waals surface area (Å²) in [7, 11) is 0. The van der Waals surface area contributed by atoms with Crippen molar-refractivity contribution in [3.8, 4) is 0 Å². The van der Waals surface area contributed by atoms with Crippen LogP contribution in [0.4, 0.5) is 32.3 Å². The van der Waals surface area contributed by atoms with E-state index in [1.54, 1.807) is 28.3 Å². The molecule has 42 heavy (non-hydrogen) atoms. The van der Waals surface area contributed by atoms with E-state index in [-0.39, 0.29) is 17.9 Å². The lowest BCUT2D eigenvalue weighted by Crippen LogP contribution is -2.50. The summed E-state index contributed by atoms with van der Waals surface area (Å²) < 4.78 is 10.7. The smallest absolute Gasteiger partial charge is 0.410 e. The van der Waals surface area contributed by atoms with Crippen LogP contribution in [0.1, 0.15) is 41.5 Å². The van der Waals surface area contributed by atoms with Crippen LogP contribution >= 0.6 is 0 Å². The molecule has 0 aromatic carbocycles. The molecule has 0 bridgehead atoms. The van der Waals surface area contributed by atoms with Crippen LogP contribution in [0.3, 0.4) is 0 Å². The average Bonchev–Trinajstić information content (AvgIpc) is 2.92. The molecule has 0 radical (unpaired) electrons. The summed E-state index contributed by atoms with van der Waals surface area (Å²) in [6, 6.07) is 3.53.